The van der Waals surface area contributed by atoms with Crippen LogP contribution in [0, 0.1) is 4.77 Å². The number of H-pyrrole nitrogens is 1. The van der Waals surface area contributed by atoms with Gasteiger partial charge in [-0.2, -0.15) is 5.10 Å². The molecule has 2 N–H and O–H groups in total. The maximum absolute atomic E-state index is 12.4. The number of nitrogens with zero attached hydrogens (tertiary/aromatic N) is 2. The zero-order chi connectivity index (χ0) is 24.5. The van der Waals surface area contributed by atoms with E-state index in [4.69, 9.17) is 21.7 Å². The van der Waals surface area contributed by atoms with E-state index in [0.29, 0.717) is 36.7 Å². The molecule has 4 rings (SSSR count). The second-order valence-electron chi connectivity index (χ2n) is 8.00. The number of aromatic nitrogens is 3. The first-order valence-corrected chi connectivity index (χ1v) is 11.8. The fourth-order valence-electron chi connectivity index (χ4n) is 3.63. The van der Waals surface area contributed by atoms with Gasteiger partial charge < -0.3 is 14.8 Å². The summed E-state index contributed by atoms with van der Waals surface area (Å²) in [6.07, 6.45) is 1.05. The number of rotatable bonds is 11. The highest BCUT2D eigenvalue weighted by Crippen LogP contribution is 2.21. The molecule has 4 aromatic rings. The zero-order valence-corrected chi connectivity index (χ0v) is 20.4. The van der Waals surface area contributed by atoms with Gasteiger partial charge in [-0.1, -0.05) is 42.5 Å². The van der Waals surface area contributed by atoms with Crippen LogP contribution < -0.4 is 14.8 Å². The fourth-order valence-corrected chi connectivity index (χ4v) is 3.85. The Morgan fingerprint density at radius 3 is 2.40 bits per heavy atom. The van der Waals surface area contributed by atoms with Crippen LogP contribution in [0.4, 0.5) is 0 Å². The Balaban J connectivity index is 1.22. The first kappa shape index (κ1) is 24.2. The van der Waals surface area contributed by atoms with Crippen molar-refractivity contribution in [2.24, 2.45) is 0 Å². The molecule has 0 atom stereocenters. The molecule has 8 heteroatoms. The summed E-state index contributed by atoms with van der Waals surface area (Å²) in [6.45, 7) is 1.54. The number of carbonyl (C=O) groups excluding carboxylic acids is 1. The summed E-state index contributed by atoms with van der Waals surface area (Å²) in [4.78, 5) is 12.4. The normalized spacial score (nSPS) is 10.7. The quantitative estimate of drug-likeness (QED) is 0.292. The average molecular weight is 489 g/mol. The van der Waals surface area contributed by atoms with Crippen molar-refractivity contribution < 1.29 is 14.3 Å². The van der Waals surface area contributed by atoms with Crippen molar-refractivity contribution in [3.63, 3.8) is 0 Å². The van der Waals surface area contributed by atoms with Crippen LogP contribution in [0.25, 0.3) is 11.4 Å². The van der Waals surface area contributed by atoms with Gasteiger partial charge in [0.1, 0.15) is 18.1 Å². The minimum absolute atomic E-state index is 0.0309. The number of benzene rings is 3. The number of hydrogen-bond donors (Lipinski definition) is 2. The van der Waals surface area contributed by atoms with Crippen molar-refractivity contribution in [3.05, 3.63) is 94.8 Å². The van der Waals surface area contributed by atoms with Gasteiger partial charge in [0.25, 0.3) is 0 Å². The lowest BCUT2D eigenvalue weighted by atomic mass is 10.1. The molecule has 0 unspecified atom stereocenters. The van der Waals surface area contributed by atoms with Crippen LogP contribution in [0.1, 0.15) is 17.5 Å². The molecule has 0 aliphatic carbocycles. The van der Waals surface area contributed by atoms with Crippen molar-refractivity contribution in [1.29, 1.82) is 0 Å². The van der Waals surface area contributed by atoms with E-state index in [1.165, 1.54) is 0 Å². The molecule has 0 bridgehead atoms. The third-order valence-electron chi connectivity index (χ3n) is 5.58. The number of aromatic amines is 1. The van der Waals surface area contributed by atoms with Gasteiger partial charge in [0.2, 0.25) is 5.91 Å². The maximum atomic E-state index is 12.4. The van der Waals surface area contributed by atoms with E-state index < -0.39 is 0 Å². The maximum Gasteiger partial charge on any atom is 0.221 e. The Bertz CT molecular complexity index is 1280. The smallest absolute Gasteiger partial charge is 0.221 e. The third-order valence-corrected chi connectivity index (χ3v) is 5.89. The lowest BCUT2D eigenvalue weighted by molar-refractivity contribution is -0.121. The Morgan fingerprint density at radius 2 is 1.69 bits per heavy atom. The summed E-state index contributed by atoms with van der Waals surface area (Å²) in [7, 11) is 1.63. The first-order valence-electron chi connectivity index (χ1n) is 11.4. The van der Waals surface area contributed by atoms with E-state index in [1.54, 1.807) is 7.11 Å². The summed E-state index contributed by atoms with van der Waals surface area (Å²) in [5, 5.41) is 10.1. The average Bonchev–Trinajstić information content (AvgIpc) is 3.27. The number of ether oxygens (including phenoxy) is 2. The predicted molar refractivity (Wildman–Crippen MR) is 138 cm³/mol. The highest BCUT2D eigenvalue weighted by molar-refractivity contribution is 7.71. The van der Waals surface area contributed by atoms with E-state index in [2.05, 4.69) is 15.5 Å². The molecule has 1 heterocycles. The molecule has 0 aliphatic rings. The SMILES string of the molecule is COc1ccc(-c2n[nH]c(=S)n2CCC(=O)NCCc2ccc(OCc3ccccc3)cc2)cc1. The van der Waals surface area contributed by atoms with Gasteiger partial charge in [-0.05, 0) is 66.2 Å². The van der Waals surface area contributed by atoms with Gasteiger partial charge in [0.05, 0.1) is 7.11 Å². The van der Waals surface area contributed by atoms with E-state index in [1.807, 2.05) is 83.4 Å². The molecule has 1 amide bonds. The molecule has 180 valence electrons. The van der Waals surface area contributed by atoms with Gasteiger partial charge in [0, 0.05) is 25.1 Å². The Labute approximate surface area is 209 Å². The van der Waals surface area contributed by atoms with Gasteiger partial charge in [-0.15, -0.1) is 0 Å². The predicted octanol–water partition coefficient (Wildman–Crippen LogP) is 4.94. The Kier molecular flexibility index (Phi) is 8.30. The van der Waals surface area contributed by atoms with Gasteiger partial charge in [-0.3, -0.25) is 14.5 Å². The van der Waals surface area contributed by atoms with Crippen LogP contribution >= 0.6 is 12.2 Å². The number of amides is 1. The number of nitrogens with one attached hydrogen (secondary N) is 2. The molecule has 0 aliphatic heterocycles. The van der Waals surface area contributed by atoms with Crippen molar-refractivity contribution in [3.8, 4) is 22.9 Å². The van der Waals surface area contributed by atoms with Crippen LogP contribution in [-0.4, -0.2) is 34.3 Å². The van der Waals surface area contributed by atoms with E-state index in [9.17, 15) is 4.79 Å². The van der Waals surface area contributed by atoms with Crippen molar-refractivity contribution in [2.45, 2.75) is 26.0 Å². The lowest BCUT2D eigenvalue weighted by Gasteiger charge is -2.09. The summed E-state index contributed by atoms with van der Waals surface area (Å²) < 4.78 is 13.4. The molecule has 0 radical (unpaired) electrons. The molecule has 3 aromatic carbocycles. The molecule has 0 saturated heterocycles. The second kappa shape index (κ2) is 12.0. The highest BCUT2D eigenvalue weighted by Gasteiger charge is 2.11. The molecule has 7 nitrogen and oxygen atoms in total. The number of carbonyl (C=O) groups is 1. The molecule has 1 aromatic heterocycles. The van der Waals surface area contributed by atoms with Gasteiger partial charge >= 0.3 is 0 Å². The Morgan fingerprint density at radius 1 is 0.971 bits per heavy atom. The topological polar surface area (TPSA) is 81.2 Å². The minimum Gasteiger partial charge on any atom is -0.497 e. The molecule has 0 spiro atoms. The van der Waals surface area contributed by atoms with Crippen LogP contribution in [-0.2, 0) is 24.4 Å². The summed E-state index contributed by atoms with van der Waals surface area (Å²) in [5.41, 5.74) is 3.16. The monoisotopic (exact) mass is 488 g/mol. The molecular weight excluding hydrogens is 460 g/mol. The van der Waals surface area contributed by atoms with Gasteiger partial charge in [0.15, 0.2) is 10.6 Å². The highest BCUT2D eigenvalue weighted by atomic mass is 32.1. The standard InChI is InChI=1S/C27H28N4O3S/c1-33-23-13-9-22(10-14-23)26-29-30-27(35)31(26)18-16-25(32)28-17-15-20-7-11-24(12-8-20)34-19-21-5-3-2-4-6-21/h2-14H,15-19H2,1H3,(H,28,32)(H,30,35). The van der Waals surface area contributed by atoms with E-state index in [0.717, 1.165) is 34.6 Å². The number of hydrogen-bond acceptors (Lipinski definition) is 5. The van der Waals surface area contributed by atoms with Crippen LogP contribution in [0.15, 0.2) is 78.9 Å². The number of methoxy groups -OCH3 is 1. The van der Waals surface area contributed by atoms with Gasteiger partial charge in [-0.25, -0.2) is 0 Å². The molecule has 35 heavy (non-hydrogen) atoms. The fraction of sp³-hybridized carbons (Fsp3) is 0.222. The van der Waals surface area contributed by atoms with Crippen molar-refractivity contribution in [1.82, 2.24) is 20.1 Å². The summed E-state index contributed by atoms with van der Waals surface area (Å²) in [5.74, 6) is 2.26. The second-order valence-corrected chi connectivity index (χ2v) is 8.39. The van der Waals surface area contributed by atoms with Crippen LogP contribution in [0.5, 0.6) is 11.5 Å². The van der Waals surface area contributed by atoms with E-state index in [-0.39, 0.29) is 5.91 Å². The summed E-state index contributed by atoms with van der Waals surface area (Å²) in [6, 6.07) is 25.6. The zero-order valence-electron chi connectivity index (χ0n) is 19.6. The molecule has 0 saturated carbocycles. The third kappa shape index (κ3) is 6.80. The van der Waals surface area contributed by atoms with Crippen molar-refractivity contribution in [2.75, 3.05) is 13.7 Å². The van der Waals surface area contributed by atoms with Crippen LogP contribution in [0.3, 0.4) is 0 Å². The molecule has 0 fully saturated rings. The molecular formula is C27H28N4O3S. The van der Waals surface area contributed by atoms with Crippen LogP contribution in [0.2, 0.25) is 0 Å². The lowest BCUT2D eigenvalue weighted by Crippen LogP contribution is -2.26. The first-order chi connectivity index (χ1) is 17.1. The Hall–Kier alpha value is -3.91. The van der Waals surface area contributed by atoms with Crippen molar-refractivity contribution >= 4 is 18.1 Å². The van der Waals surface area contributed by atoms with E-state index >= 15 is 0 Å². The largest absolute Gasteiger partial charge is 0.497 e. The summed E-state index contributed by atoms with van der Waals surface area (Å²) >= 11 is 5.36. The minimum atomic E-state index is -0.0309.